The van der Waals surface area contributed by atoms with Gasteiger partial charge < -0.3 is 15.4 Å². The van der Waals surface area contributed by atoms with Gasteiger partial charge in [0.15, 0.2) is 11.6 Å². The molecule has 0 unspecified atom stereocenters. The molecule has 2 rings (SSSR count). The largest absolute Gasteiger partial charge is 0.381 e. The fraction of sp³-hybridized carbons (Fsp3) is 0.632. The lowest BCUT2D eigenvalue weighted by molar-refractivity contribution is 0.108. The Balaban J connectivity index is 0.00000364. The van der Waals surface area contributed by atoms with Crippen LogP contribution in [0.3, 0.4) is 0 Å². The average Bonchev–Trinajstić information content (AvgIpc) is 3.04. The van der Waals surface area contributed by atoms with E-state index in [0.29, 0.717) is 5.92 Å². The van der Waals surface area contributed by atoms with E-state index in [9.17, 15) is 0 Å². The Morgan fingerprint density at radius 3 is 2.85 bits per heavy atom. The molecule has 8 heteroatoms. The number of rotatable bonds is 11. The lowest BCUT2D eigenvalue weighted by Crippen LogP contribution is -2.38. The van der Waals surface area contributed by atoms with Gasteiger partial charge in [-0.25, -0.2) is 0 Å². The van der Waals surface area contributed by atoms with Gasteiger partial charge in [0.05, 0.1) is 0 Å². The van der Waals surface area contributed by atoms with Crippen molar-refractivity contribution in [2.75, 3.05) is 32.8 Å². The number of aliphatic imine (C=N–C) groups is 1. The Labute approximate surface area is 179 Å². The van der Waals surface area contributed by atoms with E-state index < -0.39 is 0 Å². The van der Waals surface area contributed by atoms with Gasteiger partial charge in [0, 0.05) is 45.5 Å². The number of pyridine rings is 1. The third-order valence-corrected chi connectivity index (χ3v) is 3.77. The summed E-state index contributed by atoms with van der Waals surface area (Å²) >= 11 is 0. The van der Waals surface area contributed by atoms with Crippen molar-refractivity contribution in [3.63, 3.8) is 0 Å². The van der Waals surface area contributed by atoms with Crippen molar-refractivity contribution in [1.82, 2.24) is 25.2 Å². The van der Waals surface area contributed by atoms with Crippen LogP contribution in [0.5, 0.6) is 0 Å². The van der Waals surface area contributed by atoms with E-state index in [-0.39, 0.29) is 24.0 Å². The maximum Gasteiger partial charge on any atom is 0.191 e. The third kappa shape index (κ3) is 8.87. The predicted molar refractivity (Wildman–Crippen MR) is 121 cm³/mol. The summed E-state index contributed by atoms with van der Waals surface area (Å²) in [5.41, 5.74) is 0.890. The van der Waals surface area contributed by atoms with E-state index in [0.717, 1.165) is 69.5 Å². The topological polar surface area (TPSA) is 75.8 Å². The second-order valence-electron chi connectivity index (χ2n) is 6.66. The van der Waals surface area contributed by atoms with Crippen LogP contribution in [0.1, 0.15) is 39.4 Å². The van der Waals surface area contributed by atoms with Gasteiger partial charge >= 0.3 is 0 Å². The highest BCUT2D eigenvalue weighted by atomic mass is 127. The molecule has 0 bridgehead atoms. The van der Waals surface area contributed by atoms with Gasteiger partial charge in [-0.2, -0.15) is 0 Å². The van der Waals surface area contributed by atoms with E-state index in [2.05, 4.69) is 46.6 Å². The molecule has 2 N–H and O–H groups in total. The number of nitrogens with zero attached hydrogens (tertiary/aromatic N) is 4. The molecule has 0 amide bonds. The van der Waals surface area contributed by atoms with Crippen molar-refractivity contribution in [2.24, 2.45) is 10.9 Å². The molecule has 2 aromatic heterocycles. The number of halogens is 1. The second kappa shape index (κ2) is 13.7. The normalized spacial score (nSPS) is 11.6. The molecule has 2 heterocycles. The van der Waals surface area contributed by atoms with Gasteiger partial charge in [0.1, 0.15) is 5.82 Å². The number of ether oxygens (including phenoxy) is 1. The first-order valence-corrected chi connectivity index (χ1v) is 9.59. The molecule has 152 valence electrons. The Morgan fingerprint density at radius 2 is 2.07 bits per heavy atom. The number of aromatic nitrogens is 3. The zero-order chi connectivity index (χ0) is 18.6. The Bertz CT molecular complexity index is 673. The number of guanidine groups is 1. The first-order chi connectivity index (χ1) is 12.7. The summed E-state index contributed by atoms with van der Waals surface area (Å²) in [5.74, 6) is 2.43. The minimum absolute atomic E-state index is 0. The molecule has 2 aromatic rings. The second-order valence-corrected chi connectivity index (χ2v) is 6.66. The average molecular weight is 488 g/mol. The molecule has 0 fully saturated rings. The van der Waals surface area contributed by atoms with Crippen molar-refractivity contribution in [2.45, 2.75) is 40.0 Å². The van der Waals surface area contributed by atoms with Crippen LogP contribution in [0.25, 0.3) is 5.65 Å². The van der Waals surface area contributed by atoms with Crippen LogP contribution in [0, 0.1) is 5.92 Å². The molecular weight excluding hydrogens is 455 g/mol. The van der Waals surface area contributed by atoms with Crippen LogP contribution in [0.2, 0.25) is 0 Å². The molecule has 0 aliphatic heterocycles. The molecule has 27 heavy (non-hydrogen) atoms. The fourth-order valence-electron chi connectivity index (χ4n) is 2.53. The van der Waals surface area contributed by atoms with E-state index in [1.807, 2.05) is 28.8 Å². The summed E-state index contributed by atoms with van der Waals surface area (Å²) in [4.78, 5) is 4.64. The third-order valence-electron chi connectivity index (χ3n) is 3.77. The minimum Gasteiger partial charge on any atom is -0.381 e. The zero-order valence-electron chi connectivity index (χ0n) is 16.6. The van der Waals surface area contributed by atoms with Gasteiger partial charge in [-0.15, -0.1) is 34.2 Å². The van der Waals surface area contributed by atoms with Crippen molar-refractivity contribution in [1.29, 1.82) is 0 Å². The Morgan fingerprint density at radius 1 is 1.22 bits per heavy atom. The molecule has 0 aromatic carbocycles. The standard InChI is InChI=1S/C19H32N6O.HI/c1-4-20-19(22-12-8-14-26-15-16(2)3)21-11-7-10-18-24-23-17-9-5-6-13-25(17)18;/h5-6,9,13,16H,4,7-8,10-12,14-15H2,1-3H3,(H2,20,21,22);1H. The lowest BCUT2D eigenvalue weighted by Gasteiger charge is -2.11. The Hall–Kier alpha value is -1.42. The highest BCUT2D eigenvalue weighted by Crippen LogP contribution is 2.05. The molecule has 0 atom stereocenters. The summed E-state index contributed by atoms with van der Waals surface area (Å²) < 4.78 is 7.63. The minimum atomic E-state index is 0. The predicted octanol–water partition coefficient (Wildman–Crippen LogP) is 2.90. The summed E-state index contributed by atoms with van der Waals surface area (Å²) in [6.07, 6.45) is 4.77. The van der Waals surface area contributed by atoms with Gasteiger partial charge in [-0.05, 0) is 37.8 Å². The summed E-state index contributed by atoms with van der Waals surface area (Å²) in [7, 11) is 0. The monoisotopic (exact) mass is 488 g/mol. The van der Waals surface area contributed by atoms with Crippen molar-refractivity contribution in [3.05, 3.63) is 30.2 Å². The highest BCUT2D eigenvalue weighted by Gasteiger charge is 2.04. The number of aryl methyl sites for hydroxylation is 1. The van der Waals surface area contributed by atoms with E-state index in [1.165, 1.54) is 0 Å². The summed E-state index contributed by atoms with van der Waals surface area (Å²) in [5, 5.41) is 15.1. The quantitative estimate of drug-likeness (QED) is 0.220. The van der Waals surface area contributed by atoms with Gasteiger partial charge in [0.25, 0.3) is 0 Å². The van der Waals surface area contributed by atoms with Crippen molar-refractivity contribution < 1.29 is 4.74 Å². The number of hydrogen-bond acceptors (Lipinski definition) is 4. The van der Waals surface area contributed by atoms with E-state index in [4.69, 9.17) is 4.74 Å². The molecular formula is C19H33IN6O. The molecule has 0 aliphatic carbocycles. The van der Waals surface area contributed by atoms with Crippen LogP contribution in [-0.4, -0.2) is 53.4 Å². The molecule has 0 radical (unpaired) electrons. The van der Waals surface area contributed by atoms with Crippen LogP contribution in [0.15, 0.2) is 29.4 Å². The fourth-order valence-corrected chi connectivity index (χ4v) is 2.53. The van der Waals surface area contributed by atoms with Crippen molar-refractivity contribution in [3.8, 4) is 0 Å². The van der Waals surface area contributed by atoms with Crippen LogP contribution in [-0.2, 0) is 11.2 Å². The highest BCUT2D eigenvalue weighted by molar-refractivity contribution is 14.0. The van der Waals surface area contributed by atoms with Gasteiger partial charge in [0.2, 0.25) is 0 Å². The Kier molecular flexibility index (Phi) is 12.0. The van der Waals surface area contributed by atoms with Crippen LogP contribution >= 0.6 is 24.0 Å². The molecule has 7 nitrogen and oxygen atoms in total. The molecule has 0 saturated heterocycles. The summed E-state index contributed by atoms with van der Waals surface area (Å²) in [6, 6.07) is 5.93. The van der Waals surface area contributed by atoms with E-state index >= 15 is 0 Å². The molecule has 0 aliphatic rings. The lowest BCUT2D eigenvalue weighted by atomic mass is 10.2. The van der Waals surface area contributed by atoms with Gasteiger partial charge in [-0.3, -0.25) is 9.39 Å². The number of fused-ring (bicyclic) bond motifs is 1. The maximum absolute atomic E-state index is 5.60. The zero-order valence-corrected chi connectivity index (χ0v) is 19.0. The smallest absolute Gasteiger partial charge is 0.191 e. The molecule has 0 spiro atoms. The first kappa shape index (κ1) is 23.6. The number of nitrogens with one attached hydrogen (secondary N) is 2. The molecule has 0 saturated carbocycles. The SMILES string of the molecule is CCNC(=NCCCc1nnc2ccccn12)NCCCOCC(C)C.I. The first-order valence-electron chi connectivity index (χ1n) is 9.59. The van der Waals surface area contributed by atoms with Crippen LogP contribution in [0.4, 0.5) is 0 Å². The summed E-state index contributed by atoms with van der Waals surface area (Å²) in [6.45, 7) is 10.5. The number of hydrogen-bond donors (Lipinski definition) is 2. The van der Waals surface area contributed by atoms with Gasteiger partial charge in [-0.1, -0.05) is 19.9 Å². The van der Waals surface area contributed by atoms with E-state index in [1.54, 1.807) is 0 Å². The van der Waals surface area contributed by atoms with Crippen LogP contribution < -0.4 is 10.6 Å². The van der Waals surface area contributed by atoms with Crippen molar-refractivity contribution >= 4 is 35.6 Å². The maximum atomic E-state index is 5.60.